The van der Waals surface area contributed by atoms with Crippen molar-refractivity contribution in [2.45, 2.75) is 0 Å². The van der Waals surface area contributed by atoms with Gasteiger partial charge < -0.3 is 15.1 Å². The summed E-state index contributed by atoms with van der Waals surface area (Å²) in [6, 6.07) is 4.32. The molecule has 0 saturated carbocycles. The number of nitrogens with zero attached hydrogens (tertiary/aromatic N) is 2. The maximum absolute atomic E-state index is 8.68. The summed E-state index contributed by atoms with van der Waals surface area (Å²) >= 11 is 0. The fourth-order valence-electron chi connectivity index (χ4n) is 0.701. The Morgan fingerprint density at radius 2 is 2.00 bits per heavy atom. The lowest BCUT2D eigenvalue weighted by Crippen LogP contribution is -2.50. The minimum atomic E-state index is -3.55. The highest BCUT2D eigenvalue weighted by Crippen LogP contribution is 1.93. The third-order valence-corrected chi connectivity index (χ3v) is 1.31. The summed E-state index contributed by atoms with van der Waals surface area (Å²) in [5.41, 5.74) is 0.0350. The summed E-state index contributed by atoms with van der Waals surface area (Å²) in [4.78, 5) is 3.48. The van der Waals surface area contributed by atoms with Gasteiger partial charge in [-0.1, -0.05) is 6.07 Å². The molecule has 12 heavy (non-hydrogen) atoms. The summed E-state index contributed by atoms with van der Waals surface area (Å²) in [7, 11) is 0. The highest BCUT2D eigenvalue weighted by molar-refractivity contribution is 6.70. The molecular weight excluding hydrogens is 159 g/mol. The van der Waals surface area contributed by atoms with Crippen molar-refractivity contribution in [1.82, 2.24) is 4.98 Å². The van der Waals surface area contributed by atoms with E-state index in [1.54, 1.807) is 6.07 Å². The van der Waals surface area contributed by atoms with Gasteiger partial charge in [0.2, 0.25) is 0 Å². The van der Waals surface area contributed by atoms with Crippen molar-refractivity contribution in [3.05, 3.63) is 23.9 Å². The van der Waals surface area contributed by atoms with Crippen LogP contribution in [0.15, 0.2) is 18.3 Å². The van der Waals surface area contributed by atoms with E-state index in [-0.39, 0.29) is 5.59 Å². The smallest absolute Gasteiger partial charge is 0.420 e. The van der Waals surface area contributed by atoms with Crippen LogP contribution in [0.25, 0.3) is 0 Å². The topological polar surface area (TPSA) is 97.4 Å². The van der Waals surface area contributed by atoms with Crippen LogP contribution < -0.4 is 5.59 Å². The van der Waals surface area contributed by atoms with Gasteiger partial charge in [0.1, 0.15) is 6.07 Å². The molecule has 5 nitrogen and oxygen atoms in total. The van der Waals surface area contributed by atoms with Crippen LogP contribution in [0.1, 0.15) is 5.56 Å². The van der Waals surface area contributed by atoms with Crippen molar-refractivity contribution in [2.75, 3.05) is 0 Å². The van der Waals surface area contributed by atoms with Crippen molar-refractivity contribution >= 4 is 12.3 Å². The average Bonchev–Trinajstić information content (AvgIpc) is 2.03. The Labute approximate surface area is 68.6 Å². The Kier molecular flexibility index (Phi) is 2.10. The standard InChI is InChI=1S/C6H6BN2O3/c8-3-5-1-2-6(9-4-5)7(10,11)12/h1-2,4,10-12H/q-1. The van der Waals surface area contributed by atoms with Crippen molar-refractivity contribution in [2.24, 2.45) is 0 Å². The maximum atomic E-state index is 8.68. The number of nitriles is 1. The maximum Gasteiger partial charge on any atom is 0.420 e. The molecule has 0 spiro atoms. The van der Waals surface area contributed by atoms with E-state index in [4.69, 9.17) is 20.3 Å². The quantitative estimate of drug-likeness (QED) is 0.421. The molecule has 0 saturated heterocycles. The van der Waals surface area contributed by atoms with Crippen LogP contribution in [0.4, 0.5) is 0 Å². The minimum absolute atomic E-state index is 0.256. The summed E-state index contributed by atoms with van der Waals surface area (Å²) in [5.74, 6) is 0. The molecule has 62 valence electrons. The van der Waals surface area contributed by atoms with Crippen LogP contribution >= 0.6 is 0 Å². The molecule has 6 heteroatoms. The first-order valence-corrected chi connectivity index (χ1v) is 3.22. The lowest BCUT2D eigenvalue weighted by Gasteiger charge is -2.19. The molecule has 0 aliphatic carbocycles. The second-order valence-corrected chi connectivity index (χ2v) is 2.32. The summed E-state index contributed by atoms with van der Waals surface area (Å²) in [6.45, 7) is -3.55. The zero-order valence-corrected chi connectivity index (χ0v) is 6.05. The van der Waals surface area contributed by atoms with E-state index in [1.807, 2.05) is 0 Å². The predicted molar refractivity (Wildman–Crippen MR) is 41.0 cm³/mol. The van der Waals surface area contributed by atoms with Gasteiger partial charge in [0.15, 0.2) is 0 Å². The highest BCUT2D eigenvalue weighted by atomic mass is 16.5. The van der Waals surface area contributed by atoms with E-state index < -0.39 is 6.75 Å². The summed E-state index contributed by atoms with van der Waals surface area (Å²) in [5, 5.41) is 34.4. The summed E-state index contributed by atoms with van der Waals surface area (Å²) in [6.07, 6.45) is 1.15. The van der Waals surface area contributed by atoms with Gasteiger partial charge in [0.25, 0.3) is 0 Å². The molecule has 0 amide bonds. The van der Waals surface area contributed by atoms with Gasteiger partial charge in [-0.05, 0) is 11.7 Å². The van der Waals surface area contributed by atoms with Gasteiger partial charge in [-0.3, -0.25) is 4.98 Å². The number of hydrogen-bond donors (Lipinski definition) is 3. The lowest BCUT2D eigenvalue weighted by molar-refractivity contribution is 0.248. The molecule has 0 aromatic carbocycles. The average molecular weight is 165 g/mol. The first-order valence-electron chi connectivity index (χ1n) is 3.22. The molecule has 3 N–H and O–H groups in total. The SMILES string of the molecule is N#Cc1ccc([B-](O)(O)O)nc1. The third kappa shape index (κ3) is 1.80. The van der Waals surface area contributed by atoms with E-state index in [0.717, 1.165) is 6.20 Å². The number of rotatable bonds is 1. The molecule has 0 aliphatic heterocycles. The van der Waals surface area contributed by atoms with Crippen LogP contribution in [-0.4, -0.2) is 26.8 Å². The normalized spacial score (nSPS) is 10.8. The van der Waals surface area contributed by atoms with Gasteiger partial charge in [-0.2, -0.15) is 5.26 Å². The van der Waals surface area contributed by atoms with E-state index in [2.05, 4.69) is 4.98 Å². The molecule has 1 aromatic heterocycles. The van der Waals surface area contributed by atoms with Crippen molar-refractivity contribution in [3.8, 4) is 6.07 Å². The van der Waals surface area contributed by atoms with E-state index in [0.29, 0.717) is 5.56 Å². The van der Waals surface area contributed by atoms with Gasteiger partial charge in [-0.15, -0.1) is 0 Å². The zero-order chi connectivity index (χ0) is 9.19. The first kappa shape index (κ1) is 8.68. The monoisotopic (exact) mass is 165 g/mol. The Morgan fingerprint density at radius 1 is 1.33 bits per heavy atom. The number of hydrogen-bond acceptors (Lipinski definition) is 5. The van der Waals surface area contributed by atoms with E-state index in [1.165, 1.54) is 12.1 Å². The molecule has 0 bridgehead atoms. The van der Waals surface area contributed by atoms with Crippen LogP contribution in [0.2, 0.25) is 0 Å². The molecule has 0 atom stereocenters. The molecule has 1 aromatic rings. The Hall–Kier alpha value is -1.42. The second kappa shape index (κ2) is 2.91. The first-order chi connectivity index (χ1) is 5.54. The number of pyridine rings is 1. The second-order valence-electron chi connectivity index (χ2n) is 2.32. The fraction of sp³-hybridized carbons (Fsp3) is 0. The zero-order valence-electron chi connectivity index (χ0n) is 6.05. The largest absolute Gasteiger partial charge is 0.555 e. The Balaban J connectivity index is 3.02. The van der Waals surface area contributed by atoms with Crippen molar-refractivity contribution < 1.29 is 15.1 Å². The predicted octanol–water partition coefficient (Wildman–Crippen LogP) is -1.92. The van der Waals surface area contributed by atoms with Gasteiger partial charge in [0, 0.05) is 6.20 Å². The minimum Gasteiger partial charge on any atom is -0.555 e. The Morgan fingerprint density at radius 3 is 2.33 bits per heavy atom. The van der Waals surface area contributed by atoms with Crippen LogP contribution in [-0.2, 0) is 0 Å². The molecule has 1 rings (SSSR count). The van der Waals surface area contributed by atoms with Gasteiger partial charge >= 0.3 is 6.75 Å². The molecular formula is C6H6BN2O3-. The van der Waals surface area contributed by atoms with Crippen LogP contribution in [0, 0.1) is 11.3 Å². The molecule has 0 aliphatic rings. The third-order valence-electron chi connectivity index (χ3n) is 1.31. The van der Waals surface area contributed by atoms with E-state index >= 15 is 0 Å². The van der Waals surface area contributed by atoms with Crippen LogP contribution in [0.5, 0.6) is 0 Å². The summed E-state index contributed by atoms with van der Waals surface area (Å²) < 4.78 is 0. The lowest BCUT2D eigenvalue weighted by atomic mass is 9.75. The molecule has 1 heterocycles. The fourth-order valence-corrected chi connectivity index (χ4v) is 0.701. The van der Waals surface area contributed by atoms with Gasteiger partial charge in [-0.25, -0.2) is 0 Å². The van der Waals surface area contributed by atoms with Crippen LogP contribution in [0.3, 0.4) is 0 Å². The molecule has 0 fully saturated rings. The highest BCUT2D eigenvalue weighted by Gasteiger charge is 2.19. The van der Waals surface area contributed by atoms with Crippen molar-refractivity contribution in [1.29, 1.82) is 5.26 Å². The van der Waals surface area contributed by atoms with Crippen molar-refractivity contribution in [3.63, 3.8) is 0 Å². The molecule has 0 unspecified atom stereocenters. The Bertz CT molecular complexity index is 311. The molecule has 0 radical (unpaired) electrons. The number of aromatic nitrogens is 1. The van der Waals surface area contributed by atoms with Gasteiger partial charge in [0.05, 0.1) is 5.56 Å². The van der Waals surface area contributed by atoms with E-state index in [9.17, 15) is 0 Å².